The predicted molar refractivity (Wildman–Crippen MR) is 46.9 cm³/mol. The van der Waals surface area contributed by atoms with Crippen LogP contribution in [0.2, 0.25) is 0 Å². The highest BCUT2D eigenvalue weighted by Crippen LogP contribution is 2.28. The van der Waals surface area contributed by atoms with Crippen LogP contribution in [0.3, 0.4) is 0 Å². The van der Waals surface area contributed by atoms with Gasteiger partial charge in [0, 0.05) is 13.1 Å². The summed E-state index contributed by atoms with van der Waals surface area (Å²) in [6, 6.07) is 0. The molecule has 0 radical (unpaired) electrons. The Bertz CT molecular complexity index is 251. The lowest BCUT2D eigenvalue weighted by atomic mass is 10.4. The van der Waals surface area contributed by atoms with Crippen molar-refractivity contribution in [1.29, 1.82) is 0 Å². The summed E-state index contributed by atoms with van der Waals surface area (Å²) in [7, 11) is 0. The van der Waals surface area contributed by atoms with Crippen molar-refractivity contribution in [2.45, 2.75) is 26.3 Å². The smallest absolute Gasteiger partial charge is 0.221 e. The Hall–Kier alpha value is -1.06. The molecule has 0 atom stereocenters. The van der Waals surface area contributed by atoms with Crippen LogP contribution in [0.4, 0.5) is 5.95 Å². The van der Waals surface area contributed by atoms with Crippen molar-refractivity contribution in [3.63, 3.8) is 0 Å². The summed E-state index contributed by atoms with van der Waals surface area (Å²) < 4.78 is 1.88. The monoisotopic (exact) mass is 166 g/mol. The van der Waals surface area contributed by atoms with Crippen LogP contribution in [0.25, 0.3) is 0 Å². The molecular weight excluding hydrogens is 152 g/mol. The Labute approximate surface area is 72.0 Å². The number of aryl methyl sites for hydroxylation is 1. The first kappa shape index (κ1) is 7.58. The van der Waals surface area contributed by atoms with Crippen LogP contribution in [0, 0.1) is 5.92 Å². The molecule has 1 aliphatic carbocycles. The van der Waals surface area contributed by atoms with Crippen molar-refractivity contribution in [3.05, 3.63) is 6.33 Å². The molecule has 0 saturated heterocycles. The number of anilines is 1. The predicted octanol–water partition coefficient (Wildman–Crippen LogP) is 1.12. The second-order valence-corrected chi connectivity index (χ2v) is 3.22. The van der Waals surface area contributed by atoms with Gasteiger partial charge in [0.1, 0.15) is 6.33 Å². The van der Waals surface area contributed by atoms with Crippen molar-refractivity contribution >= 4 is 5.95 Å². The molecule has 1 aromatic rings. The Kier molecular flexibility index (Phi) is 1.98. The zero-order valence-corrected chi connectivity index (χ0v) is 7.32. The number of hydrogen-bond acceptors (Lipinski definition) is 3. The van der Waals surface area contributed by atoms with Crippen LogP contribution < -0.4 is 5.32 Å². The first-order valence-electron chi connectivity index (χ1n) is 4.52. The van der Waals surface area contributed by atoms with E-state index in [0.717, 1.165) is 25.0 Å². The van der Waals surface area contributed by atoms with Crippen molar-refractivity contribution in [2.75, 3.05) is 11.9 Å². The summed E-state index contributed by atoms with van der Waals surface area (Å²) in [5, 5.41) is 7.37. The minimum Gasteiger partial charge on any atom is -0.354 e. The summed E-state index contributed by atoms with van der Waals surface area (Å²) in [6.45, 7) is 4.00. The first-order valence-corrected chi connectivity index (χ1v) is 4.52. The molecule has 4 nitrogen and oxygen atoms in total. The molecular formula is C8H14N4. The zero-order valence-electron chi connectivity index (χ0n) is 7.32. The number of nitrogens with zero attached hydrogens (tertiary/aromatic N) is 3. The van der Waals surface area contributed by atoms with Gasteiger partial charge in [-0.15, -0.1) is 0 Å². The van der Waals surface area contributed by atoms with Crippen LogP contribution in [-0.2, 0) is 6.54 Å². The average molecular weight is 166 g/mol. The maximum Gasteiger partial charge on any atom is 0.221 e. The molecule has 0 aromatic carbocycles. The molecule has 0 aliphatic heterocycles. The molecule has 66 valence electrons. The lowest BCUT2D eigenvalue weighted by molar-refractivity contribution is 0.660. The third-order valence-corrected chi connectivity index (χ3v) is 2.16. The Morgan fingerprint density at radius 1 is 1.67 bits per heavy atom. The summed E-state index contributed by atoms with van der Waals surface area (Å²) in [5.41, 5.74) is 0. The molecule has 1 heterocycles. The highest BCUT2D eigenvalue weighted by Gasteiger charge is 2.21. The van der Waals surface area contributed by atoms with Crippen LogP contribution in [0.1, 0.15) is 19.8 Å². The third-order valence-electron chi connectivity index (χ3n) is 2.16. The van der Waals surface area contributed by atoms with E-state index in [1.165, 1.54) is 12.8 Å². The van der Waals surface area contributed by atoms with E-state index in [9.17, 15) is 0 Å². The first-order chi connectivity index (χ1) is 5.90. The quantitative estimate of drug-likeness (QED) is 0.728. The van der Waals surface area contributed by atoms with Crippen molar-refractivity contribution in [1.82, 2.24) is 14.8 Å². The van der Waals surface area contributed by atoms with Gasteiger partial charge in [-0.25, -0.2) is 4.68 Å². The van der Waals surface area contributed by atoms with Crippen LogP contribution in [-0.4, -0.2) is 21.3 Å². The van der Waals surface area contributed by atoms with Gasteiger partial charge in [-0.3, -0.25) is 0 Å². The van der Waals surface area contributed by atoms with Gasteiger partial charge >= 0.3 is 0 Å². The van der Waals surface area contributed by atoms with Gasteiger partial charge in [0.05, 0.1) is 0 Å². The Morgan fingerprint density at radius 3 is 3.17 bits per heavy atom. The summed E-state index contributed by atoms with van der Waals surface area (Å²) in [5.74, 6) is 1.79. The third kappa shape index (κ3) is 1.57. The molecule has 2 rings (SSSR count). The number of aromatic nitrogens is 3. The maximum atomic E-state index is 4.13. The molecule has 0 amide bonds. The fourth-order valence-electron chi connectivity index (χ4n) is 1.19. The number of hydrogen-bond donors (Lipinski definition) is 1. The molecule has 1 N–H and O–H groups in total. The van der Waals surface area contributed by atoms with E-state index < -0.39 is 0 Å². The SMILES string of the molecule is CCn1ncnc1NCC1CC1. The standard InChI is InChI=1S/C8H14N4/c1-2-12-8(10-6-11-12)9-5-7-3-4-7/h6-7H,2-5H2,1H3,(H,9,10,11). The average Bonchev–Trinajstić information content (AvgIpc) is 2.81. The molecule has 12 heavy (non-hydrogen) atoms. The van der Waals surface area contributed by atoms with Crippen LogP contribution >= 0.6 is 0 Å². The molecule has 1 aliphatic rings. The van der Waals surface area contributed by atoms with Gasteiger partial charge < -0.3 is 5.32 Å². The molecule has 1 aromatic heterocycles. The molecule has 0 unspecified atom stereocenters. The second-order valence-electron chi connectivity index (χ2n) is 3.22. The highest BCUT2D eigenvalue weighted by molar-refractivity contribution is 5.23. The van der Waals surface area contributed by atoms with E-state index in [4.69, 9.17) is 0 Å². The topological polar surface area (TPSA) is 42.7 Å². The fraction of sp³-hybridized carbons (Fsp3) is 0.750. The number of rotatable bonds is 4. The highest BCUT2D eigenvalue weighted by atomic mass is 15.4. The van der Waals surface area contributed by atoms with Crippen LogP contribution in [0.5, 0.6) is 0 Å². The van der Waals surface area contributed by atoms with E-state index in [2.05, 4.69) is 22.3 Å². The molecule has 4 heteroatoms. The molecule has 0 spiro atoms. The maximum absolute atomic E-state index is 4.13. The molecule has 0 bridgehead atoms. The van der Waals surface area contributed by atoms with Gasteiger partial charge in [0.2, 0.25) is 5.95 Å². The van der Waals surface area contributed by atoms with Gasteiger partial charge in [0.15, 0.2) is 0 Å². The minimum absolute atomic E-state index is 0.881. The molecule has 1 saturated carbocycles. The lowest BCUT2D eigenvalue weighted by Gasteiger charge is -2.04. The fourth-order valence-corrected chi connectivity index (χ4v) is 1.19. The lowest BCUT2D eigenvalue weighted by Crippen LogP contribution is -2.10. The van der Waals surface area contributed by atoms with Gasteiger partial charge in [-0.2, -0.15) is 10.1 Å². The van der Waals surface area contributed by atoms with Gasteiger partial charge in [-0.1, -0.05) is 0 Å². The van der Waals surface area contributed by atoms with Gasteiger partial charge in [-0.05, 0) is 25.7 Å². The zero-order chi connectivity index (χ0) is 8.39. The van der Waals surface area contributed by atoms with E-state index in [-0.39, 0.29) is 0 Å². The van der Waals surface area contributed by atoms with Gasteiger partial charge in [0.25, 0.3) is 0 Å². The Balaban J connectivity index is 1.91. The summed E-state index contributed by atoms with van der Waals surface area (Å²) in [4.78, 5) is 4.13. The summed E-state index contributed by atoms with van der Waals surface area (Å²) >= 11 is 0. The molecule has 1 fully saturated rings. The van der Waals surface area contributed by atoms with Crippen molar-refractivity contribution < 1.29 is 0 Å². The van der Waals surface area contributed by atoms with Crippen molar-refractivity contribution in [2.24, 2.45) is 5.92 Å². The van der Waals surface area contributed by atoms with E-state index in [1.807, 2.05) is 4.68 Å². The Morgan fingerprint density at radius 2 is 2.50 bits per heavy atom. The summed E-state index contributed by atoms with van der Waals surface area (Å²) in [6.07, 6.45) is 4.33. The largest absolute Gasteiger partial charge is 0.354 e. The van der Waals surface area contributed by atoms with Crippen LogP contribution in [0.15, 0.2) is 6.33 Å². The normalized spacial score (nSPS) is 16.4. The number of nitrogens with one attached hydrogen (secondary N) is 1. The van der Waals surface area contributed by atoms with Crippen molar-refractivity contribution in [3.8, 4) is 0 Å². The van der Waals surface area contributed by atoms with E-state index >= 15 is 0 Å². The van der Waals surface area contributed by atoms with E-state index in [1.54, 1.807) is 6.33 Å². The minimum atomic E-state index is 0.881. The van der Waals surface area contributed by atoms with E-state index in [0.29, 0.717) is 0 Å². The second kappa shape index (κ2) is 3.13.